The SMILES string of the molecule is CC(=O)NCCN1CCC(CC2C=CC=CC2)CC1. The van der Waals surface area contributed by atoms with Gasteiger partial charge in [-0.2, -0.15) is 0 Å². The number of hydrogen-bond donors (Lipinski definition) is 1. The van der Waals surface area contributed by atoms with E-state index < -0.39 is 0 Å². The molecule has 0 aromatic heterocycles. The summed E-state index contributed by atoms with van der Waals surface area (Å²) in [6, 6.07) is 0. The van der Waals surface area contributed by atoms with E-state index in [-0.39, 0.29) is 5.91 Å². The normalized spacial score (nSPS) is 24.6. The molecule has 1 heterocycles. The molecule has 0 aromatic carbocycles. The van der Waals surface area contributed by atoms with Gasteiger partial charge < -0.3 is 10.2 Å². The van der Waals surface area contributed by atoms with E-state index in [1.165, 1.54) is 38.8 Å². The van der Waals surface area contributed by atoms with Gasteiger partial charge in [0.2, 0.25) is 5.91 Å². The second-order valence-corrected chi connectivity index (χ2v) is 5.81. The lowest BCUT2D eigenvalue weighted by Gasteiger charge is -2.33. The third kappa shape index (κ3) is 5.19. The van der Waals surface area contributed by atoms with Gasteiger partial charge in [0.15, 0.2) is 0 Å². The maximum atomic E-state index is 10.8. The van der Waals surface area contributed by atoms with Crippen molar-refractivity contribution in [1.29, 1.82) is 0 Å². The summed E-state index contributed by atoms with van der Waals surface area (Å²) in [5.74, 6) is 1.73. The van der Waals surface area contributed by atoms with E-state index in [0.717, 1.165) is 24.9 Å². The van der Waals surface area contributed by atoms with Gasteiger partial charge in [-0.15, -0.1) is 0 Å². The molecule has 1 N–H and O–H groups in total. The Hall–Kier alpha value is -1.09. The van der Waals surface area contributed by atoms with E-state index >= 15 is 0 Å². The number of likely N-dealkylation sites (tertiary alicyclic amines) is 1. The first-order valence-electron chi connectivity index (χ1n) is 7.54. The largest absolute Gasteiger partial charge is 0.355 e. The molecule has 0 aromatic rings. The first-order valence-corrected chi connectivity index (χ1v) is 7.54. The molecular weight excluding hydrogens is 236 g/mol. The van der Waals surface area contributed by atoms with Crippen LogP contribution in [0.2, 0.25) is 0 Å². The molecule has 0 spiro atoms. The zero-order chi connectivity index (χ0) is 13.5. The van der Waals surface area contributed by atoms with Crippen LogP contribution < -0.4 is 5.32 Å². The molecule has 0 radical (unpaired) electrons. The molecule has 1 saturated heterocycles. The van der Waals surface area contributed by atoms with Crippen molar-refractivity contribution in [3.8, 4) is 0 Å². The molecule has 1 unspecified atom stereocenters. The van der Waals surface area contributed by atoms with E-state index in [2.05, 4.69) is 34.5 Å². The van der Waals surface area contributed by atoms with Crippen LogP contribution in [0.5, 0.6) is 0 Å². The average Bonchev–Trinajstić information content (AvgIpc) is 2.42. The van der Waals surface area contributed by atoms with Crippen LogP contribution in [-0.2, 0) is 4.79 Å². The standard InChI is InChI=1S/C16H26N2O/c1-14(19)17-9-12-18-10-7-16(8-11-18)13-15-5-3-2-4-6-15/h2-5,15-16H,6-13H2,1H3,(H,17,19). The smallest absolute Gasteiger partial charge is 0.216 e. The lowest BCUT2D eigenvalue weighted by molar-refractivity contribution is -0.119. The van der Waals surface area contributed by atoms with Gasteiger partial charge in [0, 0.05) is 20.0 Å². The van der Waals surface area contributed by atoms with Crippen LogP contribution in [0.25, 0.3) is 0 Å². The van der Waals surface area contributed by atoms with Gasteiger partial charge >= 0.3 is 0 Å². The number of carbonyl (C=O) groups excluding carboxylic acids is 1. The van der Waals surface area contributed by atoms with Crippen molar-refractivity contribution in [2.24, 2.45) is 11.8 Å². The number of carbonyl (C=O) groups is 1. The summed E-state index contributed by atoms with van der Waals surface area (Å²) >= 11 is 0. The first kappa shape index (κ1) is 14.3. The lowest BCUT2D eigenvalue weighted by Crippen LogP contribution is -2.39. The molecule has 1 aliphatic carbocycles. The fourth-order valence-corrected chi connectivity index (χ4v) is 3.07. The molecule has 19 heavy (non-hydrogen) atoms. The van der Waals surface area contributed by atoms with Gasteiger partial charge in [0.25, 0.3) is 0 Å². The van der Waals surface area contributed by atoms with Crippen molar-refractivity contribution in [1.82, 2.24) is 10.2 Å². The Balaban J connectivity index is 1.61. The van der Waals surface area contributed by atoms with Gasteiger partial charge in [-0.05, 0) is 50.6 Å². The van der Waals surface area contributed by atoms with Crippen molar-refractivity contribution in [3.05, 3.63) is 24.3 Å². The van der Waals surface area contributed by atoms with Crippen molar-refractivity contribution >= 4 is 5.91 Å². The predicted molar refractivity (Wildman–Crippen MR) is 78.9 cm³/mol. The Morgan fingerprint density at radius 1 is 1.32 bits per heavy atom. The van der Waals surface area contributed by atoms with Gasteiger partial charge in [-0.1, -0.05) is 24.3 Å². The van der Waals surface area contributed by atoms with Crippen molar-refractivity contribution in [2.45, 2.75) is 32.6 Å². The summed E-state index contributed by atoms with van der Waals surface area (Å²) in [6.45, 7) is 5.75. The molecule has 1 amide bonds. The van der Waals surface area contributed by atoms with Crippen molar-refractivity contribution in [2.75, 3.05) is 26.2 Å². The monoisotopic (exact) mass is 262 g/mol. The van der Waals surface area contributed by atoms with Crippen molar-refractivity contribution in [3.63, 3.8) is 0 Å². The molecule has 3 nitrogen and oxygen atoms in total. The van der Waals surface area contributed by atoms with Crippen molar-refractivity contribution < 1.29 is 4.79 Å². The lowest BCUT2D eigenvalue weighted by atomic mass is 9.84. The molecule has 1 aliphatic heterocycles. The number of piperidine rings is 1. The summed E-state index contributed by atoms with van der Waals surface area (Å²) in [5, 5.41) is 2.87. The highest BCUT2D eigenvalue weighted by Gasteiger charge is 2.21. The number of nitrogens with one attached hydrogen (secondary N) is 1. The van der Waals surface area contributed by atoms with E-state index in [0.29, 0.717) is 0 Å². The second kappa shape index (κ2) is 7.49. The minimum Gasteiger partial charge on any atom is -0.355 e. The Labute approximate surface area is 116 Å². The van der Waals surface area contributed by atoms with Crippen LogP contribution in [0.1, 0.15) is 32.6 Å². The van der Waals surface area contributed by atoms with Gasteiger partial charge in [0.1, 0.15) is 0 Å². The molecule has 0 saturated carbocycles. The van der Waals surface area contributed by atoms with Crippen LogP contribution in [0, 0.1) is 11.8 Å². The van der Waals surface area contributed by atoms with Crippen LogP contribution in [0.3, 0.4) is 0 Å². The van der Waals surface area contributed by atoms with Crippen LogP contribution >= 0.6 is 0 Å². The molecule has 0 bridgehead atoms. The fraction of sp³-hybridized carbons (Fsp3) is 0.688. The molecule has 1 fully saturated rings. The van der Waals surface area contributed by atoms with Crippen LogP contribution in [-0.4, -0.2) is 37.0 Å². The van der Waals surface area contributed by atoms with Crippen LogP contribution in [0.4, 0.5) is 0 Å². The van der Waals surface area contributed by atoms with E-state index in [1.807, 2.05) is 0 Å². The van der Waals surface area contributed by atoms with E-state index in [4.69, 9.17) is 0 Å². The minimum absolute atomic E-state index is 0.0760. The Kier molecular flexibility index (Phi) is 5.64. The molecule has 106 valence electrons. The molecule has 2 aliphatic rings. The average molecular weight is 262 g/mol. The maximum absolute atomic E-state index is 10.8. The quantitative estimate of drug-likeness (QED) is 0.825. The topological polar surface area (TPSA) is 32.3 Å². The summed E-state index contributed by atoms with van der Waals surface area (Å²) in [7, 11) is 0. The summed E-state index contributed by atoms with van der Waals surface area (Å²) in [5.41, 5.74) is 0. The third-order valence-corrected chi connectivity index (χ3v) is 4.21. The Morgan fingerprint density at radius 2 is 2.11 bits per heavy atom. The summed E-state index contributed by atoms with van der Waals surface area (Å²) in [6.07, 6.45) is 14.2. The summed E-state index contributed by atoms with van der Waals surface area (Å²) in [4.78, 5) is 13.3. The predicted octanol–water partition coefficient (Wildman–Crippen LogP) is 2.36. The first-order chi connectivity index (χ1) is 9.24. The molecular formula is C16H26N2O. The summed E-state index contributed by atoms with van der Waals surface area (Å²) < 4.78 is 0. The molecule has 1 atom stereocenters. The molecule has 2 rings (SSSR count). The number of amides is 1. The number of allylic oxidation sites excluding steroid dienone is 4. The Morgan fingerprint density at radius 3 is 2.74 bits per heavy atom. The number of nitrogens with zero attached hydrogens (tertiary/aromatic N) is 1. The number of hydrogen-bond acceptors (Lipinski definition) is 2. The Bertz CT molecular complexity index is 341. The third-order valence-electron chi connectivity index (χ3n) is 4.21. The van der Waals surface area contributed by atoms with E-state index in [9.17, 15) is 4.79 Å². The highest BCUT2D eigenvalue weighted by molar-refractivity contribution is 5.72. The van der Waals surface area contributed by atoms with Gasteiger partial charge in [-0.3, -0.25) is 4.79 Å². The highest BCUT2D eigenvalue weighted by atomic mass is 16.1. The van der Waals surface area contributed by atoms with Gasteiger partial charge in [-0.25, -0.2) is 0 Å². The zero-order valence-electron chi connectivity index (χ0n) is 12.0. The van der Waals surface area contributed by atoms with Crippen LogP contribution in [0.15, 0.2) is 24.3 Å². The maximum Gasteiger partial charge on any atom is 0.216 e. The molecule has 3 heteroatoms. The van der Waals surface area contributed by atoms with Gasteiger partial charge in [0.05, 0.1) is 0 Å². The zero-order valence-corrected chi connectivity index (χ0v) is 12.0. The number of rotatable bonds is 5. The minimum atomic E-state index is 0.0760. The fourth-order valence-electron chi connectivity index (χ4n) is 3.07. The van der Waals surface area contributed by atoms with E-state index in [1.54, 1.807) is 6.92 Å². The second-order valence-electron chi connectivity index (χ2n) is 5.81. The highest BCUT2D eigenvalue weighted by Crippen LogP contribution is 2.27.